The Morgan fingerprint density at radius 3 is 2.24 bits per heavy atom. The number of nitrogens with zero attached hydrogens (tertiary/aromatic N) is 3. The summed E-state index contributed by atoms with van der Waals surface area (Å²) in [4.78, 5) is 33.5. The molecular weight excluding hydrogens is 450 g/mol. The van der Waals surface area contributed by atoms with Gasteiger partial charge in [-0.05, 0) is 29.8 Å². The van der Waals surface area contributed by atoms with Crippen molar-refractivity contribution >= 4 is 28.3 Å². The van der Waals surface area contributed by atoms with Crippen LogP contribution in [0.1, 0.15) is 5.56 Å². The molecule has 1 aromatic heterocycles. The zero-order valence-electron chi connectivity index (χ0n) is 19.2. The van der Waals surface area contributed by atoms with Crippen molar-refractivity contribution in [2.24, 2.45) is 0 Å². The summed E-state index contributed by atoms with van der Waals surface area (Å²) < 4.78 is 5.19. The lowest BCUT2D eigenvalue weighted by atomic mass is 10.2. The topological polar surface area (TPSA) is 86.8 Å². The molecular formula is C25H29N5O3S. The number of carbonyl (C=O) groups is 2. The fourth-order valence-corrected chi connectivity index (χ4v) is 4.48. The number of rotatable bonds is 9. The van der Waals surface area contributed by atoms with E-state index in [1.165, 1.54) is 11.3 Å². The Labute approximate surface area is 203 Å². The van der Waals surface area contributed by atoms with Crippen molar-refractivity contribution in [2.75, 3.05) is 51.7 Å². The van der Waals surface area contributed by atoms with Gasteiger partial charge < -0.3 is 15.4 Å². The average Bonchev–Trinajstić information content (AvgIpc) is 3.33. The van der Waals surface area contributed by atoms with Crippen molar-refractivity contribution < 1.29 is 14.3 Å². The molecule has 1 fully saturated rings. The van der Waals surface area contributed by atoms with E-state index in [9.17, 15) is 9.59 Å². The first-order chi connectivity index (χ1) is 16.6. The van der Waals surface area contributed by atoms with Crippen LogP contribution in [-0.4, -0.2) is 73.0 Å². The Balaban J connectivity index is 1.17. The fourth-order valence-electron chi connectivity index (χ4n) is 3.75. The van der Waals surface area contributed by atoms with Crippen LogP contribution < -0.4 is 15.4 Å². The number of anilines is 1. The highest BCUT2D eigenvalue weighted by Crippen LogP contribution is 2.26. The van der Waals surface area contributed by atoms with Gasteiger partial charge in [0.1, 0.15) is 5.75 Å². The molecule has 2 heterocycles. The van der Waals surface area contributed by atoms with Gasteiger partial charge in [0.15, 0.2) is 5.13 Å². The van der Waals surface area contributed by atoms with Gasteiger partial charge in [0.2, 0.25) is 11.8 Å². The molecule has 2 N–H and O–H groups in total. The highest BCUT2D eigenvalue weighted by Gasteiger charge is 2.21. The van der Waals surface area contributed by atoms with Crippen LogP contribution in [0.3, 0.4) is 0 Å². The monoisotopic (exact) mass is 479 g/mol. The predicted molar refractivity (Wildman–Crippen MR) is 134 cm³/mol. The molecule has 0 radical (unpaired) electrons. The van der Waals surface area contributed by atoms with Crippen molar-refractivity contribution in [3.05, 3.63) is 65.5 Å². The van der Waals surface area contributed by atoms with Gasteiger partial charge in [-0.3, -0.25) is 19.4 Å². The van der Waals surface area contributed by atoms with Crippen molar-refractivity contribution in [1.82, 2.24) is 20.1 Å². The number of amides is 2. The van der Waals surface area contributed by atoms with Crippen molar-refractivity contribution in [2.45, 2.75) is 6.54 Å². The van der Waals surface area contributed by atoms with E-state index in [0.29, 0.717) is 24.8 Å². The SMILES string of the molecule is COc1ccc(-c2csc(NC(=O)CN3CCN(CC(=O)NCc4ccccc4)CC3)n2)cc1. The molecule has 0 unspecified atom stereocenters. The summed E-state index contributed by atoms with van der Waals surface area (Å²) >= 11 is 1.41. The second-order valence-corrected chi connectivity index (χ2v) is 8.99. The fraction of sp³-hybridized carbons (Fsp3) is 0.320. The van der Waals surface area contributed by atoms with E-state index in [-0.39, 0.29) is 11.8 Å². The predicted octanol–water partition coefficient (Wildman–Crippen LogP) is 2.69. The summed E-state index contributed by atoms with van der Waals surface area (Å²) in [5, 5.41) is 8.39. The molecule has 0 atom stereocenters. The van der Waals surface area contributed by atoms with Gasteiger partial charge in [-0.1, -0.05) is 30.3 Å². The third kappa shape index (κ3) is 6.86. The Morgan fingerprint density at radius 1 is 0.941 bits per heavy atom. The minimum Gasteiger partial charge on any atom is -0.497 e. The summed E-state index contributed by atoms with van der Waals surface area (Å²) in [5.74, 6) is 0.733. The van der Waals surface area contributed by atoms with Crippen molar-refractivity contribution in [3.8, 4) is 17.0 Å². The number of ether oxygens (including phenoxy) is 1. The third-order valence-electron chi connectivity index (χ3n) is 5.67. The molecule has 34 heavy (non-hydrogen) atoms. The molecule has 3 aromatic rings. The zero-order valence-corrected chi connectivity index (χ0v) is 20.0. The molecule has 0 spiro atoms. The Hall–Kier alpha value is -3.27. The third-order valence-corrected chi connectivity index (χ3v) is 6.43. The van der Waals surface area contributed by atoms with E-state index in [0.717, 1.165) is 48.7 Å². The highest BCUT2D eigenvalue weighted by molar-refractivity contribution is 7.14. The van der Waals surface area contributed by atoms with Gasteiger partial charge >= 0.3 is 0 Å². The average molecular weight is 480 g/mol. The van der Waals surface area contributed by atoms with Crippen LogP contribution in [0.15, 0.2) is 60.0 Å². The molecule has 1 aliphatic rings. The first-order valence-electron chi connectivity index (χ1n) is 11.2. The second kappa shape index (κ2) is 11.7. The van der Waals surface area contributed by atoms with Crippen LogP contribution in [0.2, 0.25) is 0 Å². The van der Waals surface area contributed by atoms with E-state index in [1.807, 2.05) is 60.0 Å². The van der Waals surface area contributed by atoms with Gasteiger partial charge in [-0.2, -0.15) is 0 Å². The zero-order chi connectivity index (χ0) is 23.8. The summed E-state index contributed by atoms with van der Waals surface area (Å²) in [6.45, 7) is 4.22. The quantitative estimate of drug-likeness (QED) is 0.491. The Bertz CT molecular complexity index is 1080. The summed E-state index contributed by atoms with van der Waals surface area (Å²) in [7, 11) is 1.63. The standard InChI is InChI=1S/C25H29N5O3S/c1-33-21-9-7-20(8-10-21)22-18-34-25(27-22)28-24(32)17-30-13-11-29(12-14-30)16-23(31)26-15-19-5-3-2-4-6-19/h2-10,18H,11-17H2,1H3,(H,26,31)(H,27,28,32). The lowest BCUT2D eigenvalue weighted by molar-refractivity contribution is -0.123. The molecule has 0 saturated carbocycles. The van der Waals surface area contributed by atoms with E-state index in [4.69, 9.17) is 4.74 Å². The largest absolute Gasteiger partial charge is 0.497 e. The van der Waals surface area contributed by atoms with Gasteiger partial charge in [-0.25, -0.2) is 4.98 Å². The number of aromatic nitrogens is 1. The number of nitrogens with one attached hydrogen (secondary N) is 2. The maximum Gasteiger partial charge on any atom is 0.240 e. The van der Waals surface area contributed by atoms with Crippen LogP contribution in [0, 0.1) is 0 Å². The van der Waals surface area contributed by atoms with Gasteiger partial charge in [0, 0.05) is 43.7 Å². The minimum absolute atomic E-state index is 0.0199. The highest BCUT2D eigenvalue weighted by atomic mass is 32.1. The molecule has 0 bridgehead atoms. The van der Waals surface area contributed by atoms with Gasteiger partial charge in [0.05, 0.1) is 25.9 Å². The number of piperazine rings is 1. The summed E-state index contributed by atoms with van der Waals surface area (Å²) in [6.07, 6.45) is 0. The van der Waals surface area contributed by atoms with Crippen molar-refractivity contribution in [1.29, 1.82) is 0 Å². The maximum atomic E-state index is 12.5. The number of benzene rings is 2. The molecule has 9 heteroatoms. The van der Waals surface area contributed by atoms with Crippen LogP contribution >= 0.6 is 11.3 Å². The number of hydrogen-bond acceptors (Lipinski definition) is 7. The smallest absolute Gasteiger partial charge is 0.240 e. The number of thiazole rings is 1. The Kier molecular flexibility index (Phi) is 8.24. The molecule has 178 valence electrons. The number of carbonyl (C=O) groups excluding carboxylic acids is 2. The first kappa shape index (κ1) is 23.9. The molecule has 2 amide bonds. The van der Waals surface area contributed by atoms with Gasteiger partial charge in [-0.15, -0.1) is 11.3 Å². The first-order valence-corrected chi connectivity index (χ1v) is 12.1. The van der Waals surface area contributed by atoms with Crippen molar-refractivity contribution in [3.63, 3.8) is 0 Å². The molecule has 8 nitrogen and oxygen atoms in total. The molecule has 1 saturated heterocycles. The van der Waals surface area contributed by atoms with Gasteiger partial charge in [0.25, 0.3) is 0 Å². The Morgan fingerprint density at radius 2 is 1.59 bits per heavy atom. The van der Waals surface area contributed by atoms with Crippen LogP contribution in [0.25, 0.3) is 11.3 Å². The number of hydrogen-bond donors (Lipinski definition) is 2. The minimum atomic E-state index is -0.0790. The molecule has 2 aromatic carbocycles. The molecule has 4 rings (SSSR count). The van der Waals surface area contributed by atoms with E-state index >= 15 is 0 Å². The summed E-state index contributed by atoms with van der Waals surface area (Å²) in [5.41, 5.74) is 2.88. The molecule has 1 aliphatic heterocycles. The molecule has 0 aliphatic carbocycles. The lowest BCUT2D eigenvalue weighted by Crippen LogP contribution is -2.50. The van der Waals surface area contributed by atoms with E-state index in [1.54, 1.807) is 7.11 Å². The number of methoxy groups -OCH3 is 1. The van der Waals surface area contributed by atoms with E-state index < -0.39 is 0 Å². The van der Waals surface area contributed by atoms with Crippen LogP contribution in [0.4, 0.5) is 5.13 Å². The van der Waals surface area contributed by atoms with Crippen LogP contribution in [-0.2, 0) is 16.1 Å². The normalized spacial score (nSPS) is 14.5. The maximum absolute atomic E-state index is 12.5. The lowest BCUT2D eigenvalue weighted by Gasteiger charge is -2.33. The van der Waals surface area contributed by atoms with E-state index in [2.05, 4.69) is 25.4 Å². The second-order valence-electron chi connectivity index (χ2n) is 8.13. The summed E-state index contributed by atoms with van der Waals surface area (Å²) in [6, 6.07) is 17.5. The van der Waals surface area contributed by atoms with Crippen LogP contribution in [0.5, 0.6) is 5.75 Å².